The van der Waals surface area contributed by atoms with E-state index < -0.39 is 5.97 Å². The first-order chi connectivity index (χ1) is 6.22. The Balaban J connectivity index is 0.00000169. The molecule has 0 aromatic rings. The number of rotatable bonds is 4. The molecule has 0 bridgehead atoms. The SMILES string of the molecule is Cl.NNCC1CCC(CC(=O)O)CC1. The van der Waals surface area contributed by atoms with E-state index in [1.807, 2.05) is 0 Å². The van der Waals surface area contributed by atoms with E-state index in [1.165, 1.54) is 0 Å². The fourth-order valence-corrected chi connectivity index (χ4v) is 2.05. The second-order valence-electron chi connectivity index (χ2n) is 3.89. The zero-order valence-corrected chi connectivity index (χ0v) is 9.05. The van der Waals surface area contributed by atoms with Gasteiger partial charge >= 0.3 is 5.97 Å². The van der Waals surface area contributed by atoms with E-state index in [0.717, 1.165) is 32.2 Å². The van der Waals surface area contributed by atoms with E-state index in [4.69, 9.17) is 10.9 Å². The minimum atomic E-state index is -0.666. The van der Waals surface area contributed by atoms with Crippen LogP contribution in [0, 0.1) is 11.8 Å². The van der Waals surface area contributed by atoms with Gasteiger partial charge in [-0.05, 0) is 37.5 Å². The molecule has 1 rings (SSSR count). The van der Waals surface area contributed by atoms with E-state index in [0.29, 0.717) is 18.3 Å². The number of hydrogen-bond acceptors (Lipinski definition) is 3. The predicted octanol–water partition coefficient (Wildman–Crippen LogP) is 1.15. The maximum Gasteiger partial charge on any atom is 0.303 e. The smallest absolute Gasteiger partial charge is 0.303 e. The summed E-state index contributed by atoms with van der Waals surface area (Å²) >= 11 is 0. The first-order valence-corrected chi connectivity index (χ1v) is 4.87. The van der Waals surface area contributed by atoms with Crippen molar-refractivity contribution < 1.29 is 9.90 Å². The Labute approximate surface area is 90.6 Å². The summed E-state index contributed by atoms with van der Waals surface area (Å²) in [7, 11) is 0. The fourth-order valence-electron chi connectivity index (χ4n) is 2.05. The molecule has 0 aromatic carbocycles. The van der Waals surface area contributed by atoms with Crippen molar-refractivity contribution in [2.75, 3.05) is 6.54 Å². The van der Waals surface area contributed by atoms with Crippen LogP contribution in [0.4, 0.5) is 0 Å². The molecule has 0 amide bonds. The molecular weight excluding hydrogens is 204 g/mol. The standard InChI is InChI=1S/C9H18N2O2.ClH/c10-11-6-8-3-1-7(2-4-8)5-9(12)13;/h7-8,11H,1-6,10H2,(H,12,13);1H. The molecule has 5 heteroatoms. The Hall–Kier alpha value is -0.320. The van der Waals surface area contributed by atoms with Crippen molar-refractivity contribution in [3.63, 3.8) is 0 Å². The topological polar surface area (TPSA) is 75.3 Å². The van der Waals surface area contributed by atoms with Crippen LogP contribution in [0.3, 0.4) is 0 Å². The summed E-state index contributed by atoms with van der Waals surface area (Å²) in [4.78, 5) is 10.4. The highest BCUT2D eigenvalue weighted by molar-refractivity contribution is 5.85. The maximum absolute atomic E-state index is 10.4. The zero-order chi connectivity index (χ0) is 9.68. The molecular formula is C9H19ClN2O2. The number of hydrogen-bond donors (Lipinski definition) is 3. The Morgan fingerprint density at radius 2 is 1.79 bits per heavy atom. The molecule has 1 fully saturated rings. The molecule has 0 spiro atoms. The summed E-state index contributed by atoms with van der Waals surface area (Å²) in [6.07, 6.45) is 4.64. The van der Waals surface area contributed by atoms with Crippen molar-refractivity contribution in [3.8, 4) is 0 Å². The minimum Gasteiger partial charge on any atom is -0.481 e. The van der Waals surface area contributed by atoms with Gasteiger partial charge in [0.1, 0.15) is 0 Å². The highest BCUT2D eigenvalue weighted by atomic mass is 35.5. The number of carboxylic acids is 1. The van der Waals surface area contributed by atoms with Crippen LogP contribution in [-0.2, 0) is 4.79 Å². The second kappa shape index (κ2) is 7.04. The molecule has 0 saturated heterocycles. The molecule has 0 atom stereocenters. The first kappa shape index (κ1) is 13.7. The third-order valence-corrected chi connectivity index (χ3v) is 2.84. The van der Waals surface area contributed by atoms with E-state index in [9.17, 15) is 4.79 Å². The number of nitrogens with two attached hydrogens (primary N) is 1. The third-order valence-electron chi connectivity index (χ3n) is 2.84. The average molecular weight is 223 g/mol. The van der Waals surface area contributed by atoms with Crippen molar-refractivity contribution in [2.24, 2.45) is 17.7 Å². The molecule has 1 aliphatic carbocycles. The van der Waals surface area contributed by atoms with Crippen molar-refractivity contribution in [2.45, 2.75) is 32.1 Å². The summed E-state index contributed by atoms with van der Waals surface area (Å²) < 4.78 is 0. The molecule has 0 heterocycles. The zero-order valence-electron chi connectivity index (χ0n) is 8.24. The first-order valence-electron chi connectivity index (χ1n) is 4.87. The molecule has 1 aliphatic rings. The van der Waals surface area contributed by atoms with Gasteiger partial charge in [-0.2, -0.15) is 0 Å². The van der Waals surface area contributed by atoms with Crippen molar-refractivity contribution >= 4 is 18.4 Å². The third kappa shape index (κ3) is 4.79. The van der Waals surface area contributed by atoms with Crippen LogP contribution in [0.5, 0.6) is 0 Å². The van der Waals surface area contributed by atoms with Crippen LogP contribution in [0.25, 0.3) is 0 Å². The molecule has 14 heavy (non-hydrogen) atoms. The highest BCUT2D eigenvalue weighted by Crippen LogP contribution is 2.30. The lowest BCUT2D eigenvalue weighted by Gasteiger charge is -2.27. The molecule has 0 unspecified atom stereocenters. The number of halogens is 1. The van der Waals surface area contributed by atoms with Crippen LogP contribution in [0.1, 0.15) is 32.1 Å². The quantitative estimate of drug-likeness (QED) is 0.493. The van der Waals surface area contributed by atoms with Crippen molar-refractivity contribution in [1.82, 2.24) is 5.43 Å². The van der Waals surface area contributed by atoms with Crippen molar-refractivity contribution in [3.05, 3.63) is 0 Å². The molecule has 0 aliphatic heterocycles. The Bertz CT molecular complexity index is 170. The summed E-state index contributed by atoms with van der Waals surface area (Å²) in [5.41, 5.74) is 2.68. The van der Waals surface area contributed by atoms with Crippen LogP contribution in [0.2, 0.25) is 0 Å². The van der Waals surface area contributed by atoms with E-state index in [2.05, 4.69) is 5.43 Å². The average Bonchev–Trinajstić information content (AvgIpc) is 2.08. The van der Waals surface area contributed by atoms with Crippen LogP contribution in [-0.4, -0.2) is 17.6 Å². The second-order valence-corrected chi connectivity index (χ2v) is 3.89. The number of hydrazine groups is 1. The summed E-state index contributed by atoms with van der Waals surface area (Å²) in [6, 6.07) is 0. The van der Waals surface area contributed by atoms with Gasteiger partial charge in [0.05, 0.1) is 0 Å². The summed E-state index contributed by atoms with van der Waals surface area (Å²) in [5.74, 6) is 5.61. The van der Waals surface area contributed by atoms with Gasteiger partial charge < -0.3 is 5.11 Å². The van der Waals surface area contributed by atoms with E-state index >= 15 is 0 Å². The van der Waals surface area contributed by atoms with Crippen LogP contribution >= 0.6 is 12.4 Å². The lowest BCUT2D eigenvalue weighted by atomic mass is 9.80. The van der Waals surface area contributed by atoms with Gasteiger partial charge in [-0.3, -0.25) is 16.1 Å². The van der Waals surface area contributed by atoms with Gasteiger partial charge in [-0.1, -0.05) is 0 Å². The fraction of sp³-hybridized carbons (Fsp3) is 0.889. The Morgan fingerprint density at radius 3 is 2.21 bits per heavy atom. The molecule has 1 saturated carbocycles. The summed E-state index contributed by atoms with van der Waals surface area (Å²) in [6.45, 7) is 0.861. The number of carbonyl (C=O) groups is 1. The monoisotopic (exact) mass is 222 g/mol. The van der Waals surface area contributed by atoms with E-state index in [1.54, 1.807) is 0 Å². The van der Waals surface area contributed by atoms with Crippen LogP contribution in [0.15, 0.2) is 0 Å². The molecule has 0 radical (unpaired) electrons. The Morgan fingerprint density at radius 1 is 1.29 bits per heavy atom. The maximum atomic E-state index is 10.4. The molecule has 4 N–H and O–H groups in total. The van der Waals surface area contributed by atoms with Gasteiger partial charge in [0.25, 0.3) is 0 Å². The largest absolute Gasteiger partial charge is 0.481 e. The number of aliphatic carboxylic acids is 1. The van der Waals surface area contributed by atoms with Crippen LogP contribution < -0.4 is 11.3 Å². The normalized spacial score (nSPS) is 26.6. The van der Waals surface area contributed by atoms with Crippen molar-refractivity contribution in [1.29, 1.82) is 0 Å². The summed E-state index contributed by atoms with van der Waals surface area (Å²) in [5, 5.41) is 8.60. The molecule has 4 nitrogen and oxygen atoms in total. The lowest BCUT2D eigenvalue weighted by molar-refractivity contribution is -0.138. The molecule has 84 valence electrons. The van der Waals surface area contributed by atoms with E-state index in [-0.39, 0.29) is 12.4 Å². The van der Waals surface area contributed by atoms with Gasteiger partial charge in [0.2, 0.25) is 0 Å². The molecule has 0 aromatic heterocycles. The van der Waals surface area contributed by atoms with Gasteiger partial charge in [-0.25, -0.2) is 0 Å². The minimum absolute atomic E-state index is 0. The predicted molar refractivity (Wildman–Crippen MR) is 57.1 cm³/mol. The number of nitrogens with one attached hydrogen (secondary N) is 1. The number of carboxylic acid groups (broad SMARTS) is 1. The van der Waals surface area contributed by atoms with Gasteiger partial charge in [0.15, 0.2) is 0 Å². The Kier molecular flexibility index (Phi) is 6.87. The highest BCUT2D eigenvalue weighted by Gasteiger charge is 2.22. The van der Waals surface area contributed by atoms with Gasteiger partial charge in [0, 0.05) is 13.0 Å². The lowest BCUT2D eigenvalue weighted by Crippen LogP contribution is -2.31. The van der Waals surface area contributed by atoms with Gasteiger partial charge in [-0.15, -0.1) is 12.4 Å².